The summed E-state index contributed by atoms with van der Waals surface area (Å²) in [6.07, 6.45) is 5.77. The number of anilines is 2. The minimum Gasteiger partial charge on any atom is -0.332 e. The third-order valence-electron chi connectivity index (χ3n) is 5.41. The molecular formula is C25H20ClNS. The van der Waals surface area contributed by atoms with E-state index < -0.39 is 0 Å². The van der Waals surface area contributed by atoms with Crippen molar-refractivity contribution in [3.63, 3.8) is 0 Å². The van der Waals surface area contributed by atoms with Crippen LogP contribution < -0.4 is 14.7 Å². The predicted molar refractivity (Wildman–Crippen MR) is 123 cm³/mol. The average molecular weight is 402 g/mol. The van der Waals surface area contributed by atoms with Crippen molar-refractivity contribution in [1.29, 1.82) is 0 Å². The highest BCUT2D eigenvalue weighted by molar-refractivity contribution is 7.17. The van der Waals surface area contributed by atoms with Gasteiger partial charge in [-0.25, -0.2) is 0 Å². The first kappa shape index (κ1) is 17.5. The molecule has 0 bridgehead atoms. The summed E-state index contributed by atoms with van der Waals surface area (Å²) in [7, 11) is 0. The van der Waals surface area contributed by atoms with E-state index in [1.807, 2.05) is 17.4 Å². The highest BCUT2D eigenvalue weighted by atomic mass is 35.5. The van der Waals surface area contributed by atoms with E-state index in [4.69, 9.17) is 11.6 Å². The summed E-state index contributed by atoms with van der Waals surface area (Å²) in [6.45, 7) is 2.33. The summed E-state index contributed by atoms with van der Waals surface area (Å²) in [6, 6.07) is 27.5. The van der Waals surface area contributed by atoms with Crippen LogP contribution >= 0.6 is 22.9 Å². The predicted octanol–water partition coefficient (Wildman–Crippen LogP) is 6.12. The average Bonchev–Trinajstić information content (AvgIpc) is 3.06. The summed E-state index contributed by atoms with van der Waals surface area (Å²) in [5.74, 6) is 0. The summed E-state index contributed by atoms with van der Waals surface area (Å²) in [5, 5.41) is 3.40. The molecule has 138 valence electrons. The number of thiophene rings is 1. The van der Waals surface area contributed by atoms with Crippen LogP contribution in [0.4, 0.5) is 11.4 Å². The molecule has 28 heavy (non-hydrogen) atoms. The molecule has 1 aromatic heterocycles. The molecule has 0 N–H and O–H groups in total. The topological polar surface area (TPSA) is 3.24 Å². The minimum absolute atomic E-state index is 0.163. The summed E-state index contributed by atoms with van der Waals surface area (Å²) >= 11 is 8.06. The molecule has 0 saturated heterocycles. The third-order valence-corrected chi connectivity index (χ3v) is 6.81. The second kappa shape index (κ2) is 6.80. The van der Waals surface area contributed by atoms with Crippen molar-refractivity contribution in [2.75, 3.05) is 4.90 Å². The van der Waals surface area contributed by atoms with Crippen molar-refractivity contribution in [2.24, 2.45) is 0 Å². The molecule has 0 radical (unpaired) electrons. The summed E-state index contributed by atoms with van der Waals surface area (Å²) in [5.41, 5.74) is 2.24. The first-order valence-corrected chi connectivity index (χ1v) is 10.6. The number of halogens is 1. The van der Waals surface area contributed by atoms with Gasteiger partial charge in [0.15, 0.2) is 0 Å². The third kappa shape index (κ3) is 2.94. The van der Waals surface area contributed by atoms with E-state index in [-0.39, 0.29) is 5.54 Å². The highest BCUT2D eigenvalue weighted by Gasteiger charge is 2.32. The Morgan fingerprint density at radius 2 is 1.54 bits per heavy atom. The largest absolute Gasteiger partial charge is 0.332 e. The molecule has 1 nitrogen and oxygen atoms in total. The Bertz CT molecular complexity index is 1220. The van der Waals surface area contributed by atoms with Crippen molar-refractivity contribution in [1.82, 2.24) is 0 Å². The van der Waals surface area contributed by atoms with Gasteiger partial charge in [0.2, 0.25) is 0 Å². The van der Waals surface area contributed by atoms with Crippen LogP contribution in [0.25, 0.3) is 22.2 Å². The van der Waals surface area contributed by atoms with E-state index in [9.17, 15) is 0 Å². The van der Waals surface area contributed by atoms with Crippen LogP contribution in [0.1, 0.15) is 13.3 Å². The fraction of sp³-hybridized carbons (Fsp3) is 0.120. The fourth-order valence-electron chi connectivity index (χ4n) is 4.13. The van der Waals surface area contributed by atoms with Gasteiger partial charge in [0.25, 0.3) is 0 Å². The molecular weight excluding hydrogens is 382 g/mol. The first-order chi connectivity index (χ1) is 13.6. The number of para-hydroxylation sites is 2. The van der Waals surface area contributed by atoms with E-state index in [1.54, 1.807) is 0 Å². The molecule has 0 amide bonds. The maximum absolute atomic E-state index is 6.23. The second-order valence-electron chi connectivity index (χ2n) is 7.44. The smallest absolute Gasteiger partial charge is 0.0649 e. The maximum atomic E-state index is 6.23. The zero-order valence-corrected chi connectivity index (χ0v) is 17.2. The molecule has 5 rings (SSSR count). The fourth-order valence-corrected chi connectivity index (χ4v) is 5.52. The highest BCUT2D eigenvalue weighted by Crippen LogP contribution is 2.37. The minimum atomic E-state index is -0.163. The molecule has 0 aliphatic heterocycles. The van der Waals surface area contributed by atoms with Gasteiger partial charge >= 0.3 is 0 Å². The van der Waals surface area contributed by atoms with Gasteiger partial charge in [0.1, 0.15) is 0 Å². The Morgan fingerprint density at radius 3 is 2.18 bits per heavy atom. The van der Waals surface area contributed by atoms with E-state index in [1.165, 1.54) is 31.2 Å². The SMILES string of the molecule is CC1(N(c2ccccc2)c2ccccc2)C=c2c(sc3cc(Cl)ccc23)=CC1. The van der Waals surface area contributed by atoms with Crippen LogP contribution in [0, 0.1) is 0 Å². The molecule has 1 aliphatic carbocycles. The first-order valence-electron chi connectivity index (χ1n) is 9.46. The molecule has 1 aliphatic rings. The number of hydrogen-bond donors (Lipinski definition) is 0. The van der Waals surface area contributed by atoms with Crippen LogP contribution in [-0.2, 0) is 0 Å². The van der Waals surface area contributed by atoms with E-state index >= 15 is 0 Å². The van der Waals surface area contributed by atoms with Gasteiger partial charge in [0, 0.05) is 31.0 Å². The number of fused-ring (bicyclic) bond motifs is 3. The normalized spacial score (nSPS) is 18.2. The molecule has 0 saturated carbocycles. The van der Waals surface area contributed by atoms with Gasteiger partial charge in [-0.1, -0.05) is 60.1 Å². The zero-order chi connectivity index (χ0) is 19.1. The van der Waals surface area contributed by atoms with Gasteiger partial charge < -0.3 is 4.90 Å². The molecule has 0 spiro atoms. The molecule has 4 aromatic rings. The van der Waals surface area contributed by atoms with Crippen molar-refractivity contribution < 1.29 is 0 Å². The number of nitrogens with zero attached hydrogens (tertiary/aromatic N) is 1. The second-order valence-corrected chi connectivity index (χ2v) is 8.96. The van der Waals surface area contributed by atoms with Gasteiger partial charge in [-0.3, -0.25) is 0 Å². The van der Waals surface area contributed by atoms with E-state index in [2.05, 4.69) is 96.8 Å². The standard InChI is InChI=1S/C25H20ClNS/c1-25(27(19-8-4-2-5-9-19)20-10-6-3-7-11-20)15-14-23-22(17-25)21-13-12-18(26)16-24(21)28-23/h2-14,16-17H,15H2,1H3. The molecule has 0 fully saturated rings. The molecule has 1 unspecified atom stereocenters. The molecule has 3 aromatic carbocycles. The monoisotopic (exact) mass is 401 g/mol. The van der Waals surface area contributed by atoms with Gasteiger partial charge in [-0.15, -0.1) is 11.3 Å². The Kier molecular flexibility index (Phi) is 4.26. The number of rotatable bonds is 3. The lowest BCUT2D eigenvalue weighted by Gasteiger charge is -2.41. The van der Waals surface area contributed by atoms with Crippen molar-refractivity contribution in [3.8, 4) is 0 Å². The van der Waals surface area contributed by atoms with Crippen molar-refractivity contribution in [3.05, 3.63) is 93.6 Å². The molecule has 1 heterocycles. The van der Waals surface area contributed by atoms with Gasteiger partial charge in [0.05, 0.1) is 5.54 Å². The van der Waals surface area contributed by atoms with Crippen LogP contribution in [0.2, 0.25) is 5.02 Å². The van der Waals surface area contributed by atoms with Gasteiger partial charge in [-0.05, 0) is 61.0 Å². The lowest BCUT2D eigenvalue weighted by atomic mass is 9.89. The van der Waals surface area contributed by atoms with E-state index in [0.717, 1.165) is 11.4 Å². The van der Waals surface area contributed by atoms with Crippen molar-refractivity contribution in [2.45, 2.75) is 18.9 Å². The summed E-state index contributed by atoms with van der Waals surface area (Å²) in [4.78, 5) is 2.45. The van der Waals surface area contributed by atoms with Crippen LogP contribution in [0.3, 0.4) is 0 Å². The Hall–Kier alpha value is -2.55. The number of hydrogen-bond acceptors (Lipinski definition) is 2. The zero-order valence-electron chi connectivity index (χ0n) is 15.6. The van der Waals surface area contributed by atoms with Gasteiger partial charge in [-0.2, -0.15) is 0 Å². The van der Waals surface area contributed by atoms with Crippen molar-refractivity contribution >= 4 is 56.6 Å². The number of benzene rings is 3. The summed E-state index contributed by atoms with van der Waals surface area (Å²) < 4.78 is 2.59. The maximum Gasteiger partial charge on any atom is 0.0649 e. The Labute approximate surface area is 173 Å². The lowest BCUT2D eigenvalue weighted by molar-refractivity contribution is 0.617. The van der Waals surface area contributed by atoms with Crippen LogP contribution in [-0.4, -0.2) is 5.54 Å². The Morgan fingerprint density at radius 1 is 0.893 bits per heavy atom. The van der Waals surface area contributed by atoms with E-state index in [0.29, 0.717) is 0 Å². The lowest BCUT2D eigenvalue weighted by Crippen LogP contribution is -2.46. The molecule has 3 heteroatoms. The molecule has 1 atom stereocenters. The quantitative estimate of drug-likeness (QED) is 0.400. The van der Waals surface area contributed by atoms with Crippen LogP contribution in [0.15, 0.2) is 78.9 Å². The Balaban J connectivity index is 1.74. The van der Waals surface area contributed by atoms with Crippen LogP contribution in [0.5, 0.6) is 0 Å².